The second-order valence-corrected chi connectivity index (χ2v) is 13.4. The maximum Gasteiger partial charge on any atom is 0.410 e. The summed E-state index contributed by atoms with van der Waals surface area (Å²) in [5, 5.41) is 0. The van der Waals surface area contributed by atoms with E-state index in [2.05, 4.69) is 15.9 Å². The molecule has 2 fully saturated rings. The lowest BCUT2D eigenvalue weighted by atomic mass is 9.79. The van der Waals surface area contributed by atoms with Gasteiger partial charge < -0.3 is 14.5 Å². The Bertz CT molecular complexity index is 1030. The number of amides is 2. The van der Waals surface area contributed by atoms with E-state index in [9.17, 15) is 18.0 Å². The summed E-state index contributed by atoms with van der Waals surface area (Å²) in [6.07, 6.45) is 4.23. The molecule has 0 radical (unpaired) electrons. The standard InChI is InChI=1S/C25H36BrN3O5S/c1-24(2,3)34-23(31)28-13-11-25(4,12-14-28)22(30)27-15-17-29(18-16-27)35(32,33)19-5-6-20-7-9-21(26)10-8-20/h5-10H,11-19H2,1-4H3. The maximum atomic E-state index is 13.3. The number of nitrogens with zero attached hydrogens (tertiary/aromatic N) is 3. The van der Waals surface area contributed by atoms with Gasteiger partial charge in [0, 0.05) is 49.2 Å². The Kier molecular flexibility index (Phi) is 8.70. The van der Waals surface area contributed by atoms with E-state index in [-0.39, 0.29) is 17.8 Å². The summed E-state index contributed by atoms with van der Waals surface area (Å²) in [4.78, 5) is 29.1. The molecule has 0 N–H and O–H groups in total. The van der Waals surface area contributed by atoms with Gasteiger partial charge in [0.2, 0.25) is 15.9 Å². The molecule has 1 aromatic rings. The van der Waals surface area contributed by atoms with Crippen LogP contribution in [0.4, 0.5) is 4.79 Å². The summed E-state index contributed by atoms with van der Waals surface area (Å²) >= 11 is 3.38. The van der Waals surface area contributed by atoms with E-state index in [1.807, 2.05) is 52.0 Å². The zero-order valence-corrected chi connectivity index (χ0v) is 23.4. The molecular formula is C25H36BrN3O5S. The van der Waals surface area contributed by atoms with Crippen LogP contribution in [0.25, 0.3) is 6.08 Å². The molecule has 1 aromatic carbocycles. The third-order valence-corrected chi connectivity index (χ3v) is 8.74. The number of hydrogen-bond acceptors (Lipinski definition) is 5. The lowest BCUT2D eigenvalue weighted by Crippen LogP contribution is -2.56. The van der Waals surface area contributed by atoms with Crippen molar-refractivity contribution >= 4 is 44.0 Å². The van der Waals surface area contributed by atoms with Crippen molar-refractivity contribution in [2.75, 3.05) is 45.0 Å². The van der Waals surface area contributed by atoms with Crippen LogP contribution in [0.3, 0.4) is 0 Å². The molecule has 0 atom stereocenters. The van der Waals surface area contributed by atoms with Gasteiger partial charge in [-0.2, -0.15) is 4.31 Å². The van der Waals surface area contributed by atoms with Crippen LogP contribution in [0.1, 0.15) is 46.1 Å². The normalized spacial score (nSPS) is 19.7. The minimum atomic E-state index is -3.44. The average Bonchev–Trinajstić information content (AvgIpc) is 2.79. The Morgan fingerprint density at radius 2 is 1.57 bits per heavy atom. The topological polar surface area (TPSA) is 87.2 Å². The van der Waals surface area contributed by atoms with E-state index >= 15 is 0 Å². The third-order valence-electron chi connectivity index (χ3n) is 6.44. The smallest absolute Gasteiger partial charge is 0.410 e. The number of piperidine rings is 1. The van der Waals surface area contributed by atoms with E-state index in [4.69, 9.17) is 4.74 Å². The number of benzene rings is 1. The van der Waals surface area contributed by atoms with Gasteiger partial charge in [-0.3, -0.25) is 4.79 Å². The van der Waals surface area contributed by atoms with Gasteiger partial charge in [-0.25, -0.2) is 13.2 Å². The molecule has 2 aliphatic heterocycles. The van der Waals surface area contributed by atoms with Gasteiger partial charge in [-0.1, -0.05) is 47.1 Å². The lowest BCUT2D eigenvalue weighted by Gasteiger charge is -2.43. The van der Waals surface area contributed by atoms with Gasteiger partial charge in [-0.15, -0.1) is 0 Å². The predicted octanol–water partition coefficient (Wildman–Crippen LogP) is 3.97. The Morgan fingerprint density at radius 1 is 1.00 bits per heavy atom. The van der Waals surface area contributed by atoms with Crippen molar-refractivity contribution in [2.24, 2.45) is 5.41 Å². The molecule has 194 valence electrons. The van der Waals surface area contributed by atoms with Crippen LogP contribution in [-0.4, -0.2) is 85.1 Å². The fraction of sp³-hybridized carbons (Fsp3) is 0.600. The molecule has 0 unspecified atom stereocenters. The summed E-state index contributed by atoms with van der Waals surface area (Å²) in [5.41, 5.74) is -0.181. The molecule has 10 heteroatoms. The molecule has 0 aromatic heterocycles. The predicted molar refractivity (Wildman–Crippen MR) is 140 cm³/mol. The summed E-state index contributed by atoms with van der Waals surface area (Å²) in [7, 11) is -3.44. The molecule has 0 aliphatic carbocycles. The summed E-state index contributed by atoms with van der Waals surface area (Å²) < 4.78 is 33.5. The molecule has 2 amide bonds. The fourth-order valence-electron chi connectivity index (χ4n) is 4.26. The van der Waals surface area contributed by atoms with Gasteiger partial charge in [0.25, 0.3) is 0 Å². The van der Waals surface area contributed by atoms with Crippen molar-refractivity contribution in [3.63, 3.8) is 0 Å². The van der Waals surface area contributed by atoms with Crippen molar-refractivity contribution in [1.82, 2.24) is 14.1 Å². The Labute approximate surface area is 217 Å². The molecule has 8 nitrogen and oxygen atoms in total. The van der Waals surface area contributed by atoms with Gasteiger partial charge in [0.05, 0.1) is 5.75 Å². The fourth-order valence-corrected chi connectivity index (χ4v) is 5.79. The highest BCUT2D eigenvalue weighted by atomic mass is 79.9. The number of likely N-dealkylation sites (tertiary alicyclic amines) is 1. The van der Waals surface area contributed by atoms with E-state index in [1.54, 1.807) is 22.0 Å². The lowest BCUT2D eigenvalue weighted by molar-refractivity contribution is -0.145. The number of hydrogen-bond donors (Lipinski definition) is 0. The Hall–Kier alpha value is -1.91. The molecule has 0 saturated carbocycles. The van der Waals surface area contributed by atoms with Gasteiger partial charge in [0.15, 0.2) is 0 Å². The minimum Gasteiger partial charge on any atom is -0.444 e. The summed E-state index contributed by atoms with van der Waals surface area (Å²) in [6.45, 7) is 9.72. The molecular weight excluding hydrogens is 534 g/mol. The number of carbonyl (C=O) groups excluding carboxylic acids is 2. The Morgan fingerprint density at radius 3 is 2.11 bits per heavy atom. The molecule has 0 bridgehead atoms. The first-order valence-corrected chi connectivity index (χ1v) is 14.4. The van der Waals surface area contributed by atoms with Crippen LogP contribution in [0.15, 0.2) is 34.8 Å². The van der Waals surface area contributed by atoms with Crippen LogP contribution in [0.5, 0.6) is 0 Å². The van der Waals surface area contributed by atoms with Crippen LogP contribution in [0.2, 0.25) is 0 Å². The number of halogens is 1. The van der Waals surface area contributed by atoms with Crippen molar-refractivity contribution in [3.05, 3.63) is 40.4 Å². The SMILES string of the molecule is CC(C)(C)OC(=O)N1CCC(C)(C(=O)N2CCN(S(=O)(=O)CC=Cc3ccc(Br)cc3)CC2)CC1. The summed E-state index contributed by atoms with van der Waals surface area (Å²) in [5.74, 6) is -0.0385. The number of piperazine rings is 1. The zero-order valence-electron chi connectivity index (χ0n) is 21.0. The quantitative estimate of drug-likeness (QED) is 0.535. The Balaban J connectivity index is 1.49. The molecule has 2 heterocycles. The first-order chi connectivity index (χ1) is 16.3. The monoisotopic (exact) mass is 569 g/mol. The van der Waals surface area contributed by atoms with Gasteiger partial charge >= 0.3 is 6.09 Å². The van der Waals surface area contributed by atoms with Crippen molar-refractivity contribution in [1.29, 1.82) is 0 Å². The van der Waals surface area contributed by atoms with E-state index in [1.165, 1.54) is 4.31 Å². The van der Waals surface area contributed by atoms with E-state index < -0.39 is 21.0 Å². The minimum absolute atomic E-state index is 0.0357. The molecule has 3 rings (SSSR count). The number of sulfonamides is 1. The highest BCUT2D eigenvalue weighted by Crippen LogP contribution is 2.34. The largest absolute Gasteiger partial charge is 0.444 e. The van der Waals surface area contributed by atoms with E-state index in [0.29, 0.717) is 52.1 Å². The first-order valence-electron chi connectivity index (χ1n) is 12.0. The second kappa shape index (κ2) is 11.0. The second-order valence-electron chi connectivity index (χ2n) is 10.5. The van der Waals surface area contributed by atoms with Crippen LogP contribution in [-0.2, 0) is 19.6 Å². The van der Waals surface area contributed by atoms with Gasteiger partial charge in [-0.05, 0) is 51.3 Å². The number of carbonyl (C=O) groups is 2. The third kappa shape index (κ3) is 7.54. The first kappa shape index (κ1) is 27.7. The van der Waals surface area contributed by atoms with Crippen LogP contribution < -0.4 is 0 Å². The van der Waals surface area contributed by atoms with Crippen molar-refractivity contribution in [3.8, 4) is 0 Å². The molecule has 0 spiro atoms. The zero-order chi connectivity index (χ0) is 25.9. The number of rotatable bonds is 5. The van der Waals surface area contributed by atoms with Crippen LogP contribution >= 0.6 is 15.9 Å². The molecule has 2 saturated heterocycles. The van der Waals surface area contributed by atoms with Crippen LogP contribution in [0, 0.1) is 5.41 Å². The maximum absolute atomic E-state index is 13.3. The molecule has 35 heavy (non-hydrogen) atoms. The average molecular weight is 571 g/mol. The highest BCUT2D eigenvalue weighted by Gasteiger charge is 2.42. The van der Waals surface area contributed by atoms with E-state index in [0.717, 1.165) is 10.0 Å². The number of ether oxygens (including phenoxy) is 1. The van der Waals surface area contributed by atoms with Crippen molar-refractivity contribution < 1.29 is 22.7 Å². The molecule has 2 aliphatic rings. The van der Waals surface area contributed by atoms with Gasteiger partial charge in [0.1, 0.15) is 5.60 Å². The highest BCUT2D eigenvalue weighted by molar-refractivity contribution is 9.10. The summed E-state index contributed by atoms with van der Waals surface area (Å²) in [6, 6.07) is 7.64. The van der Waals surface area contributed by atoms with Crippen molar-refractivity contribution in [2.45, 2.75) is 46.1 Å².